The average Bonchev–Trinajstić information content (AvgIpc) is 2.97. The summed E-state index contributed by atoms with van der Waals surface area (Å²) in [6.07, 6.45) is 47.5. The van der Waals surface area contributed by atoms with E-state index in [1.54, 1.807) is 0 Å². The van der Waals surface area contributed by atoms with Crippen molar-refractivity contribution in [3.63, 3.8) is 0 Å². The van der Waals surface area contributed by atoms with Gasteiger partial charge in [-0.15, -0.1) is 0 Å². The molecule has 0 bridgehead atoms. The molecule has 0 aliphatic carbocycles. The average molecular weight is 581 g/mol. The van der Waals surface area contributed by atoms with E-state index in [0.29, 0.717) is 12.8 Å². The number of esters is 1. The lowest BCUT2D eigenvalue weighted by molar-refractivity contribution is -0.147. The summed E-state index contributed by atoms with van der Waals surface area (Å²) in [6, 6.07) is 0. The predicted molar refractivity (Wildman–Crippen MR) is 181 cm³/mol. The fourth-order valence-electron chi connectivity index (χ4n) is 4.22. The number of carboxylic acid groups (broad SMARTS) is 1. The molecule has 0 saturated carbocycles. The van der Waals surface area contributed by atoms with Crippen LogP contribution in [-0.4, -0.2) is 23.1 Å². The molecule has 0 heterocycles. The normalized spacial score (nSPS) is 13.4. The van der Waals surface area contributed by atoms with Crippen molar-refractivity contribution in [3.05, 3.63) is 85.1 Å². The van der Waals surface area contributed by atoms with Gasteiger partial charge in [0.2, 0.25) is 0 Å². The molecule has 0 amide bonds. The molecule has 1 unspecified atom stereocenters. The highest BCUT2D eigenvalue weighted by Crippen LogP contribution is 2.14. The molecule has 42 heavy (non-hydrogen) atoms. The van der Waals surface area contributed by atoms with Gasteiger partial charge < -0.3 is 9.84 Å². The van der Waals surface area contributed by atoms with Gasteiger partial charge in [-0.3, -0.25) is 9.59 Å². The van der Waals surface area contributed by atoms with Crippen molar-refractivity contribution >= 4 is 11.9 Å². The molecular weight excluding hydrogens is 520 g/mol. The maximum atomic E-state index is 12.5. The van der Waals surface area contributed by atoms with E-state index in [1.165, 1.54) is 0 Å². The van der Waals surface area contributed by atoms with Crippen LogP contribution in [0.4, 0.5) is 0 Å². The van der Waals surface area contributed by atoms with Crippen LogP contribution in [0.1, 0.15) is 136 Å². The van der Waals surface area contributed by atoms with E-state index in [2.05, 4.69) is 92.8 Å². The molecule has 0 radical (unpaired) electrons. The van der Waals surface area contributed by atoms with Gasteiger partial charge in [0.15, 0.2) is 0 Å². The molecular formula is C38H60O4. The Labute approximate surface area is 258 Å². The zero-order chi connectivity index (χ0) is 30.8. The van der Waals surface area contributed by atoms with Crippen molar-refractivity contribution in [2.45, 2.75) is 142 Å². The van der Waals surface area contributed by atoms with Crippen LogP contribution in [0.2, 0.25) is 0 Å². The SMILES string of the molecule is CC/C=C\C/C=C\C/C=C\C/C=C\CCCCCCC(=O)OC(/C=C\C/C=C\C/C=C\CC)CCCCCCC(=O)O. The van der Waals surface area contributed by atoms with Crippen LogP contribution in [0, 0.1) is 0 Å². The van der Waals surface area contributed by atoms with E-state index in [9.17, 15) is 9.59 Å². The molecule has 4 nitrogen and oxygen atoms in total. The Morgan fingerprint density at radius 2 is 1.00 bits per heavy atom. The molecule has 0 aromatic rings. The number of carboxylic acids is 1. The highest BCUT2D eigenvalue weighted by molar-refractivity contribution is 5.69. The van der Waals surface area contributed by atoms with Crippen LogP contribution in [-0.2, 0) is 14.3 Å². The van der Waals surface area contributed by atoms with Gasteiger partial charge in [0.25, 0.3) is 0 Å². The third-order valence-corrected chi connectivity index (χ3v) is 6.60. The van der Waals surface area contributed by atoms with E-state index in [-0.39, 0.29) is 18.5 Å². The molecule has 0 aromatic heterocycles. The molecule has 0 rings (SSSR count). The second-order valence-electron chi connectivity index (χ2n) is 10.6. The molecule has 0 spiro atoms. The van der Waals surface area contributed by atoms with Crippen molar-refractivity contribution in [2.24, 2.45) is 0 Å². The number of hydrogen-bond donors (Lipinski definition) is 1. The lowest BCUT2D eigenvalue weighted by atomic mass is 10.1. The van der Waals surface area contributed by atoms with Crippen LogP contribution in [0.15, 0.2) is 85.1 Å². The molecule has 0 aromatic carbocycles. The quantitative estimate of drug-likeness (QED) is 0.0568. The minimum atomic E-state index is -0.738. The highest BCUT2D eigenvalue weighted by atomic mass is 16.5. The maximum Gasteiger partial charge on any atom is 0.306 e. The minimum absolute atomic E-state index is 0.116. The largest absolute Gasteiger partial charge is 0.481 e. The van der Waals surface area contributed by atoms with Crippen molar-refractivity contribution in [1.29, 1.82) is 0 Å². The van der Waals surface area contributed by atoms with Gasteiger partial charge in [-0.1, -0.05) is 119 Å². The van der Waals surface area contributed by atoms with Crippen molar-refractivity contribution in [2.75, 3.05) is 0 Å². The number of hydrogen-bond acceptors (Lipinski definition) is 3. The van der Waals surface area contributed by atoms with Gasteiger partial charge in [0.1, 0.15) is 6.10 Å². The number of carbonyl (C=O) groups excluding carboxylic acids is 1. The van der Waals surface area contributed by atoms with Gasteiger partial charge >= 0.3 is 11.9 Å². The fraction of sp³-hybridized carbons (Fsp3) is 0.579. The summed E-state index contributed by atoms with van der Waals surface area (Å²) in [6.45, 7) is 4.28. The monoisotopic (exact) mass is 580 g/mol. The first kappa shape index (κ1) is 39.1. The number of aliphatic carboxylic acids is 1. The highest BCUT2D eigenvalue weighted by Gasteiger charge is 2.11. The first-order chi connectivity index (χ1) is 20.6. The second kappa shape index (κ2) is 32.6. The van der Waals surface area contributed by atoms with Gasteiger partial charge in [0.05, 0.1) is 0 Å². The van der Waals surface area contributed by atoms with Gasteiger partial charge in [-0.2, -0.15) is 0 Å². The number of allylic oxidation sites excluding steroid dienone is 13. The molecule has 1 atom stereocenters. The zero-order valence-electron chi connectivity index (χ0n) is 26.8. The Morgan fingerprint density at radius 1 is 0.548 bits per heavy atom. The zero-order valence-corrected chi connectivity index (χ0v) is 26.8. The first-order valence-electron chi connectivity index (χ1n) is 16.6. The van der Waals surface area contributed by atoms with Gasteiger partial charge in [-0.25, -0.2) is 0 Å². The maximum absolute atomic E-state index is 12.5. The predicted octanol–water partition coefficient (Wildman–Crippen LogP) is 11.3. The van der Waals surface area contributed by atoms with E-state index in [1.807, 2.05) is 6.08 Å². The van der Waals surface area contributed by atoms with E-state index < -0.39 is 5.97 Å². The Hall–Kier alpha value is -2.88. The number of rotatable bonds is 28. The number of unbranched alkanes of at least 4 members (excludes halogenated alkanes) is 7. The first-order valence-corrected chi connectivity index (χ1v) is 16.6. The summed E-state index contributed by atoms with van der Waals surface area (Å²) in [4.78, 5) is 23.2. The Kier molecular flexibility index (Phi) is 30.4. The molecule has 0 saturated heterocycles. The van der Waals surface area contributed by atoms with E-state index in [4.69, 9.17) is 9.84 Å². The Bertz CT molecular complexity index is 841. The Balaban J connectivity index is 4.16. The van der Waals surface area contributed by atoms with Crippen molar-refractivity contribution in [1.82, 2.24) is 0 Å². The number of carbonyl (C=O) groups is 2. The molecule has 0 fully saturated rings. The molecule has 236 valence electrons. The smallest absolute Gasteiger partial charge is 0.306 e. The van der Waals surface area contributed by atoms with Crippen LogP contribution in [0.5, 0.6) is 0 Å². The van der Waals surface area contributed by atoms with Crippen LogP contribution < -0.4 is 0 Å². The van der Waals surface area contributed by atoms with E-state index >= 15 is 0 Å². The van der Waals surface area contributed by atoms with Crippen LogP contribution >= 0.6 is 0 Å². The number of ether oxygens (including phenoxy) is 1. The van der Waals surface area contributed by atoms with Crippen molar-refractivity contribution in [3.8, 4) is 0 Å². The van der Waals surface area contributed by atoms with Crippen molar-refractivity contribution < 1.29 is 19.4 Å². The van der Waals surface area contributed by atoms with Gasteiger partial charge in [-0.05, 0) is 89.5 Å². The van der Waals surface area contributed by atoms with E-state index in [0.717, 1.165) is 103 Å². The van der Waals surface area contributed by atoms with Gasteiger partial charge in [0, 0.05) is 12.8 Å². The van der Waals surface area contributed by atoms with Crippen LogP contribution in [0.25, 0.3) is 0 Å². The molecule has 1 N–H and O–H groups in total. The molecule has 4 heteroatoms. The summed E-state index contributed by atoms with van der Waals surface area (Å²) in [5.41, 5.74) is 0. The topological polar surface area (TPSA) is 63.6 Å². The summed E-state index contributed by atoms with van der Waals surface area (Å²) in [5, 5.41) is 8.79. The van der Waals surface area contributed by atoms with Crippen LogP contribution in [0.3, 0.4) is 0 Å². The lowest BCUT2D eigenvalue weighted by Crippen LogP contribution is -2.16. The molecule has 0 aliphatic rings. The third kappa shape index (κ3) is 31.6. The summed E-state index contributed by atoms with van der Waals surface area (Å²) in [7, 11) is 0. The standard InChI is InChI=1S/C38H60O4/c1-3-5-7-9-11-13-14-15-16-17-18-19-20-21-23-25-31-35-38(41)42-36(33-29-26-27-30-34-37(39)40)32-28-24-22-12-10-8-6-4-2/h5-8,11-13,15-16,18-19,22,28,32,36H,3-4,9-10,14,17,20-21,23-27,29-31,33-35H2,1-2H3,(H,39,40)/b7-5-,8-6-,13-11-,16-15-,19-18-,22-12-,32-28-. The Morgan fingerprint density at radius 3 is 1.55 bits per heavy atom. The third-order valence-electron chi connectivity index (χ3n) is 6.60. The minimum Gasteiger partial charge on any atom is -0.481 e. The summed E-state index contributed by atoms with van der Waals surface area (Å²) in [5.74, 6) is -0.854. The summed E-state index contributed by atoms with van der Waals surface area (Å²) < 4.78 is 5.80. The second-order valence-corrected chi connectivity index (χ2v) is 10.6. The molecule has 0 aliphatic heterocycles. The summed E-state index contributed by atoms with van der Waals surface area (Å²) >= 11 is 0. The fourth-order valence-corrected chi connectivity index (χ4v) is 4.22. The lowest BCUT2D eigenvalue weighted by Gasteiger charge is -2.14.